The normalized spacial score (nSPS) is 11.7. The maximum Gasteiger partial charge on any atom is 0.251 e. The van der Waals surface area contributed by atoms with E-state index in [9.17, 15) is 9.00 Å². The Hall–Kier alpha value is -2.14. The van der Waals surface area contributed by atoms with Crippen molar-refractivity contribution in [2.24, 2.45) is 0 Å². The second-order valence-electron chi connectivity index (χ2n) is 5.34. The molecule has 0 saturated carbocycles. The van der Waals surface area contributed by atoms with E-state index in [0.29, 0.717) is 24.5 Å². The van der Waals surface area contributed by atoms with Crippen LogP contribution >= 0.6 is 0 Å². The monoisotopic (exact) mass is 331 g/mol. The zero-order chi connectivity index (χ0) is 16.7. The van der Waals surface area contributed by atoms with Crippen molar-refractivity contribution in [1.29, 1.82) is 0 Å². The Morgan fingerprint density at radius 1 is 1.17 bits per heavy atom. The number of carbonyl (C=O) groups excluding carboxylic acids is 1. The van der Waals surface area contributed by atoms with E-state index in [-0.39, 0.29) is 5.91 Å². The predicted octanol–water partition coefficient (Wildman–Crippen LogP) is 2.68. The molecule has 2 aromatic rings. The van der Waals surface area contributed by atoms with E-state index in [1.54, 1.807) is 24.5 Å². The van der Waals surface area contributed by atoms with Crippen LogP contribution in [0.2, 0.25) is 0 Å². The summed E-state index contributed by atoms with van der Waals surface area (Å²) < 4.78 is 16.8. The summed E-state index contributed by atoms with van der Waals surface area (Å²) >= 11 is 0. The molecule has 0 spiro atoms. The third-order valence-corrected chi connectivity index (χ3v) is 3.98. The number of benzene rings is 2. The van der Waals surface area contributed by atoms with E-state index >= 15 is 0 Å². The largest absolute Gasteiger partial charge is 0.492 e. The third kappa shape index (κ3) is 5.87. The Labute approximate surface area is 139 Å². The number of nitrogens with one attached hydrogen (secondary N) is 1. The van der Waals surface area contributed by atoms with E-state index in [4.69, 9.17) is 4.74 Å². The van der Waals surface area contributed by atoms with Gasteiger partial charge < -0.3 is 10.1 Å². The molecule has 1 amide bonds. The van der Waals surface area contributed by atoms with Crippen molar-refractivity contribution >= 4 is 16.7 Å². The summed E-state index contributed by atoms with van der Waals surface area (Å²) in [6.45, 7) is 2.86. The first-order valence-electron chi connectivity index (χ1n) is 7.41. The van der Waals surface area contributed by atoms with Gasteiger partial charge in [-0.15, -0.1) is 0 Å². The number of rotatable bonds is 7. The van der Waals surface area contributed by atoms with Crippen molar-refractivity contribution in [3.8, 4) is 5.75 Å². The Morgan fingerprint density at radius 3 is 2.61 bits per heavy atom. The van der Waals surface area contributed by atoms with Gasteiger partial charge in [0.2, 0.25) is 0 Å². The van der Waals surface area contributed by atoms with Crippen LogP contribution in [0.25, 0.3) is 0 Å². The highest BCUT2D eigenvalue weighted by Crippen LogP contribution is 2.11. The van der Waals surface area contributed by atoms with Crippen molar-refractivity contribution in [2.45, 2.75) is 12.7 Å². The molecule has 0 aliphatic carbocycles. The molecule has 2 rings (SSSR count). The van der Waals surface area contributed by atoms with Gasteiger partial charge in [-0.1, -0.05) is 29.8 Å². The summed E-state index contributed by atoms with van der Waals surface area (Å²) in [4.78, 5) is 12.1. The van der Waals surface area contributed by atoms with Crippen LogP contribution in [0, 0.1) is 6.92 Å². The predicted molar refractivity (Wildman–Crippen MR) is 93.2 cm³/mol. The minimum atomic E-state index is -0.919. The lowest BCUT2D eigenvalue weighted by Gasteiger charge is -2.09. The summed E-state index contributed by atoms with van der Waals surface area (Å²) in [5, 5.41) is 2.82. The first-order valence-corrected chi connectivity index (χ1v) is 9.14. The molecule has 0 heterocycles. The molecule has 2 aromatic carbocycles. The Morgan fingerprint density at radius 2 is 1.91 bits per heavy atom. The standard InChI is InChI=1S/C18H21NO3S/c1-14-6-8-17(9-7-14)22-11-10-19-18(20)16-5-3-4-15(12-16)13-23(2)21/h3-9,12H,10-11,13H2,1-2H3,(H,19,20). The minimum Gasteiger partial charge on any atom is -0.492 e. The van der Waals surface area contributed by atoms with E-state index in [1.165, 1.54) is 5.56 Å². The number of aryl methyl sites for hydroxylation is 1. The fourth-order valence-electron chi connectivity index (χ4n) is 2.11. The molecule has 1 atom stereocenters. The first kappa shape index (κ1) is 17.2. The van der Waals surface area contributed by atoms with Crippen LogP contribution in [0.5, 0.6) is 5.75 Å². The lowest BCUT2D eigenvalue weighted by atomic mass is 10.1. The molecule has 0 aromatic heterocycles. The summed E-state index contributed by atoms with van der Waals surface area (Å²) in [5.74, 6) is 1.09. The number of amides is 1. The highest BCUT2D eigenvalue weighted by atomic mass is 32.2. The molecular weight excluding hydrogens is 310 g/mol. The fourth-order valence-corrected chi connectivity index (χ4v) is 2.76. The zero-order valence-electron chi connectivity index (χ0n) is 13.4. The molecule has 0 bridgehead atoms. The van der Waals surface area contributed by atoms with Crippen LogP contribution in [0.3, 0.4) is 0 Å². The SMILES string of the molecule is Cc1ccc(OCCNC(=O)c2cccc(CS(C)=O)c2)cc1. The lowest BCUT2D eigenvalue weighted by molar-refractivity contribution is 0.0947. The van der Waals surface area contributed by atoms with E-state index in [1.807, 2.05) is 37.3 Å². The number of hydrogen-bond donors (Lipinski definition) is 1. The van der Waals surface area contributed by atoms with Gasteiger partial charge >= 0.3 is 0 Å². The summed E-state index contributed by atoms with van der Waals surface area (Å²) in [6.07, 6.45) is 1.65. The summed E-state index contributed by atoms with van der Waals surface area (Å²) in [5.41, 5.74) is 2.65. The molecule has 4 nitrogen and oxygen atoms in total. The van der Waals surface area contributed by atoms with E-state index < -0.39 is 10.8 Å². The van der Waals surface area contributed by atoms with Gasteiger partial charge in [0.05, 0.1) is 6.54 Å². The topological polar surface area (TPSA) is 55.4 Å². The number of carbonyl (C=O) groups is 1. The van der Waals surface area contributed by atoms with Crippen LogP contribution in [-0.4, -0.2) is 29.5 Å². The second-order valence-corrected chi connectivity index (χ2v) is 6.77. The van der Waals surface area contributed by atoms with Crippen LogP contribution in [0.15, 0.2) is 48.5 Å². The molecule has 1 unspecified atom stereocenters. The van der Waals surface area contributed by atoms with Gasteiger partial charge in [0.15, 0.2) is 0 Å². The molecule has 5 heteroatoms. The van der Waals surface area contributed by atoms with Gasteiger partial charge in [0, 0.05) is 28.4 Å². The molecule has 0 aliphatic rings. The molecule has 1 N–H and O–H groups in total. The molecule has 122 valence electrons. The smallest absolute Gasteiger partial charge is 0.251 e. The number of ether oxygens (including phenoxy) is 1. The van der Waals surface area contributed by atoms with Crippen LogP contribution in [0.1, 0.15) is 21.5 Å². The lowest BCUT2D eigenvalue weighted by Crippen LogP contribution is -2.28. The number of hydrogen-bond acceptors (Lipinski definition) is 3. The maximum atomic E-state index is 12.1. The van der Waals surface area contributed by atoms with Gasteiger partial charge in [-0.3, -0.25) is 9.00 Å². The van der Waals surface area contributed by atoms with E-state index in [2.05, 4.69) is 5.32 Å². The van der Waals surface area contributed by atoms with Crippen LogP contribution < -0.4 is 10.1 Å². The van der Waals surface area contributed by atoms with Crippen molar-refractivity contribution in [3.63, 3.8) is 0 Å². The highest BCUT2D eigenvalue weighted by molar-refractivity contribution is 7.83. The summed E-state index contributed by atoms with van der Waals surface area (Å²) in [6, 6.07) is 15.0. The van der Waals surface area contributed by atoms with Gasteiger partial charge in [-0.05, 0) is 36.8 Å². The van der Waals surface area contributed by atoms with Crippen molar-refractivity contribution < 1.29 is 13.7 Å². The zero-order valence-corrected chi connectivity index (χ0v) is 14.2. The molecule has 0 fully saturated rings. The molecular formula is C18H21NO3S. The minimum absolute atomic E-state index is 0.152. The quantitative estimate of drug-likeness (QED) is 0.794. The van der Waals surface area contributed by atoms with Gasteiger partial charge in [-0.2, -0.15) is 0 Å². The Kier molecular flexibility index (Phi) is 6.35. The second kappa shape index (κ2) is 8.48. The fraction of sp³-hybridized carbons (Fsp3) is 0.278. The van der Waals surface area contributed by atoms with Gasteiger partial charge in [-0.25, -0.2) is 0 Å². The van der Waals surface area contributed by atoms with Gasteiger partial charge in [0.1, 0.15) is 12.4 Å². The van der Waals surface area contributed by atoms with Crippen molar-refractivity contribution in [2.75, 3.05) is 19.4 Å². The average Bonchev–Trinajstić information content (AvgIpc) is 2.52. The van der Waals surface area contributed by atoms with Crippen molar-refractivity contribution in [3.05, 3.63) is 65.2 Å². The van der Waals surface area contributed by atoms with Crippen LogP contribution in [-0.2, 0) is 16.6 Å². The molecule has 0 aliphatic heterocycles. The average molecular weight is 331 g/mol. The molecule has 0 radical (unpaired) electrons. The van der Waals surface area contributed by atoms with Crippen LogP contribution in [0.4, 0.5) is 0 Å². The maximum absolute atomic E-state index is 12.1. The van der Waals surface area contributed by atoms with Gasteiger partial charge in [0.25, 0.3) is 5.91 Å². The summed E-state index contributed by atoms with van der Waals surface area (Å²) in [7, 11) is -0.919. The van der Waals surface area contributed by atoms with E-state index in [0.717, 1.165) is 11.3 Å². The third-order valence-electron chi connectivity index (χ3n) is 3.24. The first-order chi connectivity index (χ1) is 11.0. The molecule has 23 heavy (non-hydrogen) atoms. The molecule has 0 saturated heterocycles. The van der Waals surface area contributed by atoms with Crippen molar-refractivity contribution in [1.82, 2.24) is 5.32 Å². The Bertz CT molecular complexity index is 683. The Balaban J connectivity index is 1.80. The highest BCUT2D eigenvalue weighted by Gasteiger charge is 2.06.